The zero-order chi connectivity index (χ0) is 13.8. The minimum Gasteiger partial charge on any atom is -0.496 e. The summed E-state index contributed by atoms with van der Waals surface area (Å²) in [4.78, 5) is 13.7. The number of Topliss-reactive ketones (excluding diaryl/α,β-unsaturated/α-hetero) is 1. The van der Waals surface area contributed by atoms with Crippen molar-refractivity contribution >= 4 is 5.78 Å². The minimum absolute atomic E-state index is 0.0593. The van der Waals surface area contributed by atoms with E-state index in [9.17, 15) is 9.90 Å². The average molecular weight is 263 g/mol. The van der Waals surface area contributed by atoms with Crippen molar-refractivity contribution < 1.29 is 14.6 Å². The van der Waals surface area contributed by atoms with E-state index >= 15 is 0 Å². The topological polar surface area (TPSA) is 49.8 Å². The summed E-state index contributed by atoms with van der Waals surface area (Å²) in [7, 11) is 1.64. The van der Waals surface area contributed by atoms with Gasteiger partial charge in [-0.15, -0.1) is 0 Å². The van der Waals surface area contributed by atoms with Crippen molar-refractivity contribution in [1.82, 2.24) is 4.90 Å². The summed E-state index contributed by atoms with van der Waals surface area (Å²) in [5.74, 6) is 0.859. The van der Waals surface area contributed by atoms with Gasteiger partial charge in [0.25, 0.3) is 0 Å². The number of aliphatic hydroxyl groups excluding tert-OH is 1. The highest BCUT2D eigenvalue weighted by atomic mass is 16.5. The monoisotopic (exact) mass is 263 g/mol. The van der Waals surface area contributed by atoms with E-state index in [0.717, 1.165) is 37.2 Å². The third-order valence-electron chi connectivity index (χ3n) is 3.77. The summed E-state index contributed by atoms with van der Waals surface area (Å²) in [6.07, 6.45) is 2.14. The Hall–Kier alpha value is -1.39. The number of likely N-dealkylation sites (tertiary alicyclic amines) is 1. The molecule has 0 amide bonds. The molecular formula is C15H21NO3. The van der Waals surface area contributed by atoms with Crippen molar-refractivity contribution in [3.8, 4) is 5.75 Å². The molecule has 1 aliphatic heterocycles. The van der Waals surface area contributed by atoms with E-state index < -0.39 is 0 Å². The number of benzene rings is 1. The van der Waals surface area contributed by atoms with E-state index in [4.69, 9.17) is 4.74 Å². The van der Waals surface area contributed by atoms with Crippen LogP contribution in [0.5, 0.6) is 5.75 Å². The lowest BCUT2D eigenvalue weighted by Gasteiger charge is -2.23. The fourth-order valence-electron chi connectivity index (χ4n) is 2.65. The number of hydrogen-bond donors (Lipinski definition) is 1. The molecule has 0 spiro atoms. The highest BCUT2D eigenvalue weighted by Crippen LogP contribution is 2.26. The summed E-state index contributed by atoms with van der Waals surface area (Å²) < 4.78 is 5.36. The van der Waals surface area contributed by atoms with Gasteiger partial charge in [0, 0.05) is 23.7 Å². The fraction of sp³-hybridized carbons (Fsp3) is 0.533. The second kappa shape index (κ2) is 6.17. The van der Waals surface area contributed by atoms with Crippen LogP contribution in [0.4, 0.5) is 0 Å². The molecule has 0 bridgehead atoms. The number of carbonyl (C=O) groups excluding carboxylic acids is 1. The third-order valence-corrected chi connectivity index (χ3v) is 3.77. The fourth-order valence-corrected chi connectivity index (χ4v) is 2.65. The number of ketones is 1. The zero-order valence-electron chi connectivity index (χ0n) is 11.6. The van der Waals surface area contributed by atoms with E-state index in [0.29, 0.717) is 5.56 Å². The standard InChI is InChI=1S/C15H21NO3/c1-11(18)12-5-6-15(19-2)13(8-12)9-16-7-3-4-14(16)10-17/h5-6,8,14,17H,3-4,7,9-10H2,1-2H3/t14-/m1/s1. The maximum Gasteiger partial charge on any atom is 0.159 e. The second-order valence-corrected chi connectivity index (χ2v) is 5.03. The molecule has 1 heterocycles. The lowest BCUT2D eigenvalue weighted by Crippen LogP contribution is -2.31. The molecule has 1 aromatic carbocycles. The van der Waals surface area contributed by atoms with Crippen molar-refractivity contribution in [2.75, 3.05) is 20.3 Å². The van der Waals surface area contributed by atoms with Crippen LogP contribution in [0.25, 0.3) is 0 Å². The summed E-state index contributed by atoms with van der Waals surface area (Å²) in [5.41, 5.74) is 1.71. The molecule has 0 unspecified atom stereocenters. The minimum atomic E-state index is 0.0593. The maximum absolute atomic E-state index is 11.5. The summed E-state index contributed by atoms with van der Waals surface area (Å²) in [5, 5.41) is 9.36. The first kappa shape index (κ1) is 14.0. The molecule has 0 aromatic heterocycles. The van der Waals surface area contributed by atoms with E-state index in [1.54, 1.807) is 20.1 Å². The van der Waals surface area contributed by atoms with E-state index in [-0.39, 0.29) is 18.4 Å². The van der Waals surface area contributed by atoms with Crippen LogP contribution in [-0.2, 0) is 6.54 Å². The quantitative estimate of drug-likeness (QED) is 0.824. The highest BCUT2D eigenvalue weighted by molar-refractivity contribution is 5.94. The summed E-state index contributed by atoms with van der Waals surface area (Å²) in [6.45, 7) is 3.46. The lowest BCUT2D eigenvalue weighted by molar-refractivity contribution is 0.101. The molecule has 1 fully saturated rings. The Morgan fingerprint density at radius 1 is 1.53 bits per heavy atom. The van der Waals surface area contributed by atoms with E-state index in [1.807, 2.05) is 12.1 Å². The van der Waals surface area contributed by atoms with Crippen LogP contribution in [0, 0.1) is 0 Å². The molecule has 0 aliphatic carbocycles. The van der Waals surface area contributed by atoms with Gasteiger partial charge < -0.3 is 9.84 Å². The van der Waals surface area contributed by atoms with Gasteiger partial charge in [-0.25, -0.2) is 0 Å². The molecule has 0 radical (unpaired) electrons. The SMILES string of the molecule is COc1ccc(C(C)=O)cc1CN1CCC[C@@H]1CO. The number of rotatable bonds is 5. The number of hydrogen-bond acceptors (Lipinski definition) is 4. The molecule has 1 aromatic rings. The summed E-state index contributed by atoms with van der Waals surface area (Å²) in [6, 6.07) is 5.76. The van der Waals surface area contributed by atoms with E-state index in [2.05, 4.69) is 4.90 Å². The first-order valence-electron chi connectivity index (χ1n) is 6.68. The van der Waals surface area contributed by atoms with Gasteiger partial charge in [0.15, 0.2) is 5.78 Å². The molecule has 1 atom stereocenters. The van der Waals surface area contributed by atoms with Crippen molar-refractivity contribution in [2.45, 2.75) is 32.4 Å². The van der Waals surface area contributed by atoms with Crippen molar-refractivity contribution in [1.29, 1.82) is 0 Å². The molecule has 0 saturated carbocycles. The van der Waals surface area contributed by atoms with Gasteiger partial charge in [-0.1, -0.05) is 0 Å². The largest absolute Gasteiger partial charge is 0.496 e. The maximum atomic E-state index is 11.5. The average Bonchev–Trinajstić information content (AvgIpc) is 2.85. The Kier molecular flexibility index (Phi) is 4.56. The molecule has 1 aliphatic rings. The number of aliphatic hydroxyl groups is 1. The molecule has 19 heavy (non-hydrogen) atoms. The molecule has 2 rings (SSSR count). The lowest BCUT2D eigenvalue weighted by atomic mass is 10.1. The van der Waals surface area contributed by atoms with Crippen LogP contribution in [0.2, 0.25) is 0 Å². The van der Waals surface area contributed by atoms with Crippen LogP contribution in [-0.4, -0.2) is 42.1 Å². The van der Waals surface area contributed by atoms with Gasteiger partial charge in [-0.3, -0.25) is 9.69 Å². The Morgan fingerprint density at radius 2 is 2.32 bits per heavy atom. The van der Waals surface area contributed by atoms with Gasteiger partial charge in [0.05, 0.1) is 13.7 Å². The number of methoxy groups -OCH3 is 1. The Morgan fingerprint density at radius 3 is 2.95 bits per heavy atom. The Labute approximate surface area is 114 Å². The van der Waals surface area contributed by atoms with Crippen LogP contribution >= 0.6 is 0 Å². The predicted octanol–water partition coefficient (Wildman–Crippen LogP) is 1.85. The Bertz CT molecular complexity index is 459. The van der Waals surface area contributed by atoms with Crippen LogP contribution in [0.15, 0.2) is 18.2 Å². The number of carbonyl (C=O) groups is 1. The van der Waals surface area contributed by atoms with Crippen molar-refractivity contribution in [3.63, 3.8) is 0 Å². The number of ether oxygens (including phenoxy) is 1. The summed E-state index contributed by atoms with van der Waals surface area (Å²) >= 11 is 0. The zero-order valence-corrected chi connectivity index (χ0v) is 11.6. The predicted molar refractivity (Wildman–Crippen MR) is 73.5 cm³/mol. The van der Waals surface area contributed by atoms with Gasteiger partial charge >= 0.3 is 0 Å². The van der Waals surface area contributed by atoms with Crippen LogP contribution < -0.4 is 4.74 Å². The molecule has 104 valence electrons. The van der Waals surface area contributed by atoms with Gasteiger partial charge in [-0.2, -0.15) is 0 Å². The molecule has 1 saturated heterocycles. The molecule has 4 nitrogen and oxygen atoms in total. The van der Waals surface area contributed by atoms with Gasteiger partial charge in [0.2, 0.25) is 0 Å². The van der Waals surface area contributed by atoms with Gasteiger partial charge in [0.1, 0.15) is 5.75 Å². The molecule has 4 heteroatoms. The van der Waals surface area contributed by atoms with Crippen LogP contribution in [0.3, 0.4) is 0 Å². The molecule has 1 N–H and O–H groups in total. The first-order valence-corrected chi connectivity index (χ1v) is 6.68. The highest BCUT2D eigenvalue weighted by Gasteiger charge is 2.24. The Balaban J connectivity index is 2.22. The van der Waals surface area contributed by atoms with Crippen molar-refractivity contribution in [3.05, 3.63) is 29.3 Å². The van der Waals surface area contributed by atoms with Gasteiger partial charge in [-0.05, 0) is 44.5 Å². The normalized spacial score (nSPS) is 19.6. The van der Waals surface area contributed by atoms with Crippen molar-refractivity contribution in [2.24, 2.45) is 0 Å². The number of nitrogens with zero attached hydrogens (tertiary/aromatic N) is 1. The first-order chi connectivity index (χ1) is 9.15. The van der Waals surface area contributed by atoms with Crippen LogP contribution in [0.1, 0.15) is 35.7 Å². The third kappa shape index (κ3) is 3.14. The van der Waals surface area contributed by atoms with E-state index in [1.165, 1.54) is 0 Å². The second-order valence-electron chi connectivity index (χ2n) is 5.03. The molecular weight excluding hydrogens is 242 g/mol. The smallest absolute Gasteiger partial charge is 0.159 e.